The van der Waals surface area contributed by atoms with Gasteiger partial charge in [-0.2, -0.15) is 5.26 Å². The van der Waals surface area contributed by atoms with Gasteiger partial charge in [0.25, 0.3) is 0 Å². The van der Waals surface area contributed by atoms with Crippen molar-refractivity contribution in [2.45, 2.75) is 6.42 Å². The van der Waals surface area contributed by atoms with E-state index in [-0.39, 0.29) is 18.1 Å². The van der Waals surface area contributed by atoms with Crippen LogP contribution in [0.3, 0.4) is 0 Å². The van der Waals surface area contributed by atoms with Crippen LogP contribution < -0.4 is 14.2 Å². The topological polar surface area (TPSA) is 51.5 Å². The highest BCUT2D eigenvalue weighted by Gasteiger charge is 2.13. The van der Waals surface area contributed by atoms with Crippen molar-refractivity contribution >= 4 is 0 Å². The molecule has 0 aromatic heterocycles. The lowest BCUT2D eigenvalue weighted by atomic mass is 10.1. The van der Waals surface area contributed by atoms with Gasteiger partial charge < -0.3 is 14.2 Å². The number of hydrogen-bond donors (Lipinski definition) is 0. The van der Waals surface area contributed by atoms with Gasteiger partial charge in [0.1, 0.15) is 23.2 Å². The van der Waals surface area contributed by atoms with Gasteiger partial charge in [-0.3, -0.25) is 0 Å². The number of fused-ring (bicyclic) bond motifs is 1. The van der Waals surface area contributed by atoms with Gasteiger partial charge in [0.05, 0.1) is 6.61 Å². The van der Waals surface area contributed by atoms with Crippen molar-refractivity contribution in [2.75, 3.05) is 13.4 Å². The van der Waals surface area contributed by atoms with E-state index in [9.17, 15) is 4.39 Å². The predicted octanol–water partition coefficient (Wildman–Crippen LogP) is 3.05. The summed E-state index contributed by atoms with van der Waals surface area (Å²) in [5.74, 6) is 1.14. The van der Waals surface area contributed by atoms with Crippen molar-refractivity contribution in [3.05, 3.63) is 53.3 Å². The van der Waals surface area contributed by atoms with Crippen LogP contribution in [0, 0.1) is 17.1 Å². The van der Waals surface area contributed by atoms with Crippen LogP contribution in [0.1, 0.15) is 11.1 Å². The number of benzene rings is 2. The van der Waals surface area contributed by atoms with Gasteiger partial charge in [-0.1, -0.05) is 12.1 Å². The van der Waals surface area contributed by atoms with E-state index in [1.54, 1.807) is 6.07 Å². The molecular formula is C16H12FNO3. The molecule has 3 rings (SSSR count). The monoisotopic (exact) mass is 285 g/mol. The normalized spacial score (nSPS) is 12.0. The third kappa shape index (κ3) is 2.75. The molecule has 4 nitrogen and oxygen atoms in total. The average molecular weight is 285 g/mol. The van der Waals surface area contributed by atoms with Crippen LogP contribution in [0.15, 0.2) is 36.4 Å². The molecule has 0 atom stereocenters. The van der Waals surface area contributed by atoms with Gasteiger partial charge in [0.2, 0.25) is 6.79 Å². The predicted molar refractivity (Wildman–Crippen MR) is 72.9 cm³/mol. The van der Waals surface area contributed by atoms with E-state index in [0.717, 1.165) is 17.1 Å². The summed E-state index contributed by atoms with van der Waals surface area (Å²) in [7, 11) is 0. The summed E-state index contributed by atoms with van der Waals surface area (Å²) >= 11 is 0. The number of ether oxygens (including phenoxy) is 3. The molecule has 1 heterocycles. The summed E-state index contributed by atoms with van der Waals surface area (Å²) in [4.78, 5) is 0. The highest BCUT2D eigenvalue weighted by atomic mass is 19.1. The summed E-state index contributed by atoms with van der Waals surface area (Å²) in [6.45, 7) is 0.585. The second-order valence-electron chi connectivity index (χ2n) is 4.51. The number of rotatable bonds is 4. The fourth-order valence-corrected chi connectivity index (χ4v) is 2.11. The standard InChI is InChI=1S/C16H12FNO3/c17-13-2-1-3-14(12(13)9-18)19-7-6-11-4-5-15-16(8-11)21-10-20-15/h1-5,8H,6-7,10H2. The van der Waals surface area contributed by atoms with Gasteiger partial charge in [0, 0.05) is 6.42 Å². The molecule has 1 aliphatic rings. The first-order valence-corrected chi connectivity index (χ1v) is 6.48. The van der Waals surface area contributed by atoms with E-state index in [0.29, 0.717) is 13.0 Å². The summed E-state index contributed by atoms with van der Waals surface area (Å²) in [5.41, 5.74) is 0.956. The molecule has 0 amide bonds. The minimum atomic E-state index is -0.571. The van der Waals surface area contributed by atoms with Gasteiger partial charge in [-0.05, 0) is 29.8 Å². The second kappa shape index (κ2) is 5.71. The smallest absolute Gasteiger partial charge is 0.231 e. The molecule has 0 bridgehead atoms. The Morgan fingerprint density at radius 2 is 2.05 bits per heavy atom. The lowest BCUT2D eigenvalue weighted by Crippen LogP contribution is -2.03. The number of halogens is 1. The molecule has 0 unspecified atom stereocenters. The Labute approximate surface area is 121 Å². The van der Waals surface area contributed by atoms with Crippen molar-refractivity contribution in [3.8, 4) is 23.3 Å². The zero-order chi connectivity index (χ0) is 14.7. The summed E-state index contributed by atoms with van der Waals surface area (Å²) in [6, 6.07) is 11.8. The quantitative estimate of drug-likeness (QED) is 0.866. The van der Waals surface area contributed by atoms with Crippen molar-refractivity contribution in [1.29, 1.82) is 5.26 Å². The largest absolute Gasteiger partial charge is 0.492 e. The van der Waals surface area contributed by atoms with Crippen molar-refractivity contribution in [2.24, 2.45) is 0 Å². The maximum absolute atomic E-state index is 13.4. The molecule has 0 aliphatic carbocycles. The van der Waals surface area contributed by atoms with Crippen LogP contribution in [0.4, 0.5) is 4.39 Å². The van der Waals surface area contributed by atoms with Gasteiger partial charge in [0.15, 0.2) is 11.5 Å². The molecular weight excluding hydrogens is 273 g/mol. The van der Waals surface area contributed by atoms with Crippen molar-refractivity contribution in [1.82, 2.24) is 0 Å². The third-order valence-electron chi connectivity index (χ3n) is 3.17. The fourth-order valence-electron chi connectivity index (χ4n) is 2.11. The molecule has 0 spiro atoms. The molecule has 5 heteroatoms. The molecule has 1 aliphatic heterocycles. The third-order valence-corrected chi connectivity index (χ3v) is 3.17. The molecule has 0 fully saturated rings. The lowest BCUT2D eigenvalue weighted by molar-refractivity contribution is 0.174. The van der Waals surface area contributed by atoms with Crippen molar-refractivity contribution in [3.63, 3.8) is 0 Å². The molecule has 21 heavy (non-hydrogen) atoms. The van der Waals surface area contributed by atoms with Crippen LogP contribution in [-0.4, -0.2) is 13.4 Å². The maximum Gasteiger partial charge on any atom is 0.231 e. The van der Waals surface area contributed by atoms with Crippen LogP contribution in [-0.2, 0) is 6.42 Å². The van der Waals surface area contributed by atoms with Crippen LogP contribution in [0.25, 0.3) is 0 Å². The van der Waals surface area contributed by atoms with E-state index in [2.05, 4.69) is 0 Å². The first kappa shape index (κ1) is 13.3. The summed E-state index contributed by atoms with van der Waals surface area (Å²) in [5, 5.41) is 8.92. The van der Waals surface area contributed by atoms with Crippen LogP contribution in [0.2, 0.25) is 0 Å². The Morgan fingerprint density at radius 3 is 2.90 bits per heavy atom. The Hall–Kier alpha value is -2.74. The molecule has 0 saturated carbocycles. The minimum absolute atomic E-state index is 0.0665. The summed E-state index contributed by atoms with van der Waals surface area (Å²) < 4.78 is 29.5. The molecule has 106 valence electrons. The average Bonchev–Trinajstić information content (AvgIpc) is 2.95. The number of nitrogens with zero attached hydrogens (tertiary/aromatic N) is 1. The zero-order valence-electron chi connectivity index (χ0n) is 11.1. The highest BCUT2D eigenvalue weighted by Crippen LogP contribution is 2.32. The van der Waals surface area contributed by atoms with Gasteiger partial charge >= 0.3 is 0 Å². The molecule has 2 aromatic carbocycles. The molecule has 0 saturated heterocycles. The number of nitriles is 1. The molecule has 0 radical (unpaired) electrons. The first-order chi connectivity index (χ1) is 10.3. The van der Waals surface area contributed by atoms with E-state index in [1.807, 2.05) is 24.3 Å². The Balaban J connectivity index is 1.64. The second-order valence-corrected chi connectivity index (χ2v) is 4.51. The van der Waals surface area contributed by atoms with Crippen LogP contribution >= 0.6 is 0 Å². The van der Waals surface area contributed by atoms with E-state index < -0.39 is 5.82 Å². The minimum Gasteiger partial charge on any atom is -0.492 e. The summed E-state index contributed by atoms with van der Waals surface area (Å²) in [6.07, 6.45) is 0.623. The van der Waals surface area contributed by atoms with E-state index in [4.69, 9.17) is 19.5 Å². The zero-order valence-corrected chi connectivity index (χ0v) is 11.1. The van der Waals surface area contributed by atoms with Gasteiger partial charge in [-0.15, -0.1) is 0 Å². The highest BCUT2D eigenvalue weighted by molar-refractivity contribution is 5.45. The van der Waals surface area contributed by atoms with Crippen LogP contribution in [0.5, 0.6) is 17.2 Å². The molecule has 0 N–H and O–H groups in total. The lowest BCUT2D eigenvalue weighted by Gasteiger charge is -2.08. The van der Waals surface area contributed by atoms with E-state index in [1.165, 1.54) is 12.1 Å². The van der Waals surface area contributed by atoms with E-state index >= 15 is 0 Å². The Kier molecular flexibility index (Phi) is 3.61. The first-order valence-electron chi connectivity index (χ1n) is 6.48. The van der Waals surface area contributed by atoms with Crippen molar-refractivity contribution < 1.29 is 18.6 Å². The Bertz CT molecular complexity index is 709. The number of hydrogen-bond acceptors (Lipinski definition) is 4. The SMILES string of the molecule is N#Cc1c(F)cccc1OCCc1ccc2c(c1)OCO2. The fraction of sp³-hybridized carbons (Fsp3) is 0.188. The molecule has 2 aromatic rings. The maximum atomic E-state index is 13.4. The Morgan fingerprint density at radius 1 is 1.19 bits per heavy atom. The van der Waals surface area contributed by atoms with Gasteiger partial charge in [-0.25, -0.2) is 4.39 Å².